The molecule has 1 aliphatic rings. The molecule has 4 aromatic rings. The first kappa shape index (κ1) is 25.6. The molecule has 0 spiro atoms. The fourth-order valence-electron chi connectivity index (χ4n) is 4.10. The number of aryl methyl sites for hydroxylation is 1. The number of hydrogen-bond acceptors (Lipinski definition) is 7. The number of rotatable bonds is 8. The second kappa shape index (κ2) is 10.4. The van der Waals surface area contributed by atoms with Gasteiger partial charge in [0.05, 0.1) is 21.8 Å². The molecular weight excluding hydrogens is 522 g/mol. The Labute approximate surface area is 227 Å². The van der Waals surface area contributed by atoms with Gasteiger partial charge in [0.2, 0.25) is 0 Å². The smallest absolute Gasteiger partial charge is 0.412 e. The highest BCUT2D eigenvalue weighted by atomic mass is 32.1. The summed E-state index contributed by atoms with van der Waals surface area (Å²) in [5, 5.41) is 16.9. The van der Waals surface area contributed by atoms with E-state index in [1.807, 2.05) is 56.3 Å². The van der Waals surface area contributed by atoms with Gasteiger partial charge in [0.1, 0.15) is 11.5 Å². The average Bonchev–Trinajstić information content (AvgIpc) is 3.44. The predicted molar refractivity (Wildman–Crippen MR) is 148 cm³/mol. The van der Waals surface area contributed by atoms with Crippen LogP contribution < -0.4 is 10.6 Å². The summed E-state index contributed by atoms with van der Waals surface area (Å²) in [4.78, 5) is 38.4. The molecule has 3 N–H and O–H groups in total. The Balaban J connectivity index is 1.24. The number of amides is 2. The number of ether oxygens (including phenoxy) is 1. The largest absolute Gasteiger partial charge is 0.481 e. The van der Waals surface area contributed by atoms with E-state index in [4.69, 9.17) is 4.74 Å². The SMILES string of the molecule is Cc1nsc(-c2ccc(NC(=O)c3csc(C4(C(=O)O)CC4)c3)cc2)c1NC(=O)O[C@H](C)c1ccccc1. The first-order valence-corrected chi connectivity index (χ1v) is 13.7. The van der Waals surface area contributed by atoms with Crippen LogP contribution in [-0.4, -0.2) is 27.4 Å². The minimum Gasteiger partial charge on any atom is -0.481 e. The summed E-state index contributed by atoms with van der Waals surface area (Å²) in [5.41, 5.74) is 3.19. The molecule has 1 fully saturated rings. The molecule has 1 aliphatic carbocycles. The molecule has 38 heavy (non-hydrogen) atoms. The first-order valence-electron chi connectivity index (χ1n) is 12.0. The zero-order valence-corrected chi connectivity index (χ0v) is 22.3. The van der Waals surface area contributed by atoms with Crippen LogP contribution in [0.15, 0.2) is 66.0 Å². The van der Waals surface area contributed by atoms with Crippen molar-refractivity contribution in [3.8, 4) is 10.4 Å². The number of nitrogens with zero attached hydrogens (tertiary/aromatic N) is 1. The van der Waals surface area contributed by atoms with Crippen molar-refractivity contribution in [2.45, 2.75) is 38.2 Å². The molecule has 0 bridgehead atoms. The maximum absolute atomic E-state index is 12.7. The molecule has 0 saturated heterocycles. The Hall–Kier alpha value is -4.02. The van der Waals surface area contributed by atoms with Crippen molar-refractivity contribution < 1.29 is 24.2 Å². The van der Waals surface area contributed by atoms with Crippen molar-refractivity contribution in [3.05, 3.63) is 87.7 Å². The number of carbonyl (C=O) groups excluding carboxylic acids is 2. The number of aromatic nitrogens is 1. The van der Waals surface area contributed by atoms with Crippen molar-refractivity contribution in [2.24, 2.45) is 0 Å². The van der Waals surface area contributed by atoms with Crippen molar-refractivity contribution in [2.75, 3.05) is 10.6 Å². The van der Waals surface area contributed by atoms with Crippen molar-refractivity contribution in [1.82, 2.24) is 4.37 Å². The number of carboxylic acid groups (broad SMARTS) is 1. The fraction of sp³-hybridized carbons (Fsp3) is 0.214. The highest BCUT2D eigenvalue weighted by Gasteiger charge is 2.52. The van der Waals surface area contributed by atoms with Crippen LogP contribution in [0.1, 0.15) is 52.4 Å². The quantitative estimate of drug-likeness (QED) is 0.222. The summed E-state index contributed by atoms with van der Waals surface area (Å²) >= 11 is 2.57. The lowest BCUT2D eigenvalue weighted by molar-refractivity contribution is -0.139. The molecule has 2 heterocycles. The van der Waals surface area contributed by atoms with E-state index in [1.54, 1.807) is 23.6 Å². The van der Waals surface area contributed by atoms with Crippen LogP contribution in [0.4, 0.5) is 16.2 Å². The van der Waals surface area contributed by atoms with Crippen LogP contribution in [0, 0.1) is 6.92 Å². The molecule has 2 aromatic carbocycles. The van der Waals surface area contributed by atoms with Gasteiger partial charge < -0.3 is 15.2 Å². The number of carbonyl (C=O) groups is 3. The van der Waals surface area contributed by atoms with E-state index < -0.39 is 23.6 Å². The maximum atomic E-state index is 12.7. The molecule has 0 aliphatic heterocycles. The number of nitrogens with one attached hydrogen (secondary N) is 2. The third kappa shape index (κ3) is 5.18. The standard InChI is InChI=1S/C28H25N3O5S2/c1-16-23(30-27(35)36-17(2)18-6-4-3-5-7-18)24(38-31-16)19-8-10-21(11-9-19)29-25(32)20-14-22(37-15-20)28(12-13-28)26(33)34/h3-11,14-15,17H,12-13H2,1-2H3,(H,29,32)(H,30,35)(H,33,34)/t17-/m1/s1. The molecule has 8 nitrogen and oxygen atoms in total. The average molecular weight is 548 g/mol. The number of anilines is 2. The van der Waals surface area contributed by atoms with E-state index in [2.05, 4.69) is 15.0 Å². The highest BCUT2D eigenvalue weighted by molar-refractivity contribution is 7.10. The molecule has 194 valence electrons. The molecule has 2 aromatic heterocycles. The van der Waals surface area contributed by atoms with E-state index in [0.29, 0.717) is 40.4 Å². The van der Waals surface area contributed by atoms with Gasteiger partial charge in [-0.1, -0.05) is 42.5 Å². The Morgan fingerprint density at radius 1 is 1.05 bits per heavy atom. The van der Waals surface area contributed by atoms with Gasteiger partial charge in [-0.05, 0) is 67.5 Å². The van der Waals surface area contributed by atoms with Gasteiger partial charge in [-0.15, -0.1) is 11.3 Å². The van der Waals surface area contributed by atoms with E-state index >= 15 is 0 Å². The van der Waals surface area contributed by atoms with E-state index in [9.17, 15) is 19.5 Å². The van der Waals surface area contributed by atoms with Crippen LogP contribution in [0.2, 0.25) is 0 Å². The van der Waals surface area contributed by atoms with E-state index in [0.717, 1.165) is 16.0 Å². The van der Waals surface area contributed by atoms with Crippen molar-refractivity contribution in [3.63, 3.8) is 0 Å². The predicted octanol–water partition coefficient (Wildman–Crippen LogP) is 6.86. The summed E-state index contributed by atoms with van der Waals surface area (Å²) in [5.74, 6) is -1.14. The van der Waals surface area contributed by atoms with E-state index in [-0.39, 0.29) is 5.91 Å². The summed E-state index contributed by atoms with van der Waals surface area (Å²) < 4.78 is 9.94. The van der Waals surface area contributed by atoms with Gasteiger partial charge in [-0.2, -0.15) is 4.37 Å². The van der Waals surface area contributed by atoms with Crippen molar-refractivity contribution >= 4 is 52.2 Å². The third-order valence-corrected chi connectivity index (χ3v) is 8.66. The van der Waals surface area contributed by atoms with Crippen LogP contribution in [0.25, 0.3) is 10.4 Å². The van der Waals surface area contributed by atoms with Crippen LogP contribution >= 0.6 is 22.9 Å². The summed E-state index contributed by atoms with van der Waals surface area (Å²) in [6, 6.07) is 18.4. The second-order valence-corrected chi connectivity index (χ2v) is 10.9. The number of aliphatic carboxylic acids is 1. The van der Waals surface area contributed by atoms with Crippen molar-refractivity contribution in [1.29, 1.82) is 0 Å². The van der Waals surface area contributed by atoms with Crippen LogP contribution in [-0.2, 0) is 14.9 Å². The molecule has 1 atom stereocenters. The van der Waals surface area contributed by atoms with Crippen LogP contribution in [0.5, 0.6) is 0 Å². The van der Waals surface area contributed by atoms with Gasteiger partial charge in [0.25, 0.3) is 5.91 Å². The lowest BCUT2D eigenvalue weighted by Crippen LogP contribution is -2.18. The lowest BCUT2D eigenvalue weighted by Gasteiger charge is -2.14. The molecule has 2 amide bonds. The van der Waals surface area contributed by atoms with Gasteiger partial charge >= 0.3 is 12.1 Å². The minimum atomic E-state index is -0.840. The molecule has 0 unspecified atom stereocenters. The molecule has 5 rings (SSSR count). The Kier molecular flexibility index (Phi) is 7.00. The highest BCUT2D eigenvalue weighted by Crippen LogP contribution is 2.50. The van der Waals surface area contributed by atoms with Gasteiger partial charge in [-0.25, -0.2) is 4.79 Å². The third-order valence-electron chi connectivity index (χ3n) is 6.54. The van der Waals surface area contributed by atoms with Crippen LogP contribution in [0.3, 0.4) is 0 Å². The normalized spacial score (nSPS) is 14.4. The Morgan fingerprint density at radius 2 is 1.76 bits per heavy atom. The zero-order chi connectivity index (χ0) is 26.9. The van der Waals surface area contributed by atoms with E-state index in [1.165, 1.54) is 22.9 Å². The lowest BCUT2D eigenvalue weighted by atomic mass is 10.0. The number of carboxylic acids is 1. The Morgan fingerprint density at radius 3 is 2.42 bits per heavy atom. The number of hydrogen-bond donors (Lipinski definition) is 3. The Bertz CT molecular complexity index is 1490. The number of thiophene rings is 1. The monoisotopic (exact) mass is 547 g/mol. The summed E-state index contributed by atoms with van der Waals surface area (Å²) in [6.45, 7) is 3.63. The zero-order valence-electron chi connectivity index (χ0n) is 20.7. The second-order valence-electron chi connectivity index (χ2n) is 9.17. The molecule has 1 saturated carbocycles. The van der Waals surface area contributed by atoms with Gasteiger partial charge in [0.15, 0.2) is 0 Å². The maximum Gasteiger partial charge on any atom is 0.412 e. The molecule has 10 heteroatoms. The fourth-order valence-corrected chi connectivity index (χ4v) is 6.10. The van der Waals surface area contributed by atoms with Gasteiger partial charge in [-0.3, -0.25) is 14.9 Å². The minimum absolute atomic E-state index is 0.298. The topological polar surface area (TPSA) is 118 Å². The summed E-state index contributed by atoms with van der Waals surface area (Å²) in [7, 11) is 0. The molecule has 0 radical (unpaired) electrons. The first-order chi connectivity index (χ1) is 18.3. The number of benzene rings is 2. The summed E-state index contributed by atoms with van der Waals surface area (Å²) in [6.07, 6.45) is 0.222. The van der Waals surface area contributed by atoms with Gasteiger partial charge in [0, 0.05) is 15.9 Å². The molecular formula is C28H25N3O5S2.